The summed E-state index contributed by atoms with van der Waals surface area (Å²) < 4.78 is -0.255. The van der Waals surface area contributed by atoms with Crippen molar-refractivity contribution in [3.8, 4) is 0 Å². The molecule has 0 aromatic heterocycles. The van der Waals surface area contributed by atoms with Gasteiger partial charge < -0.3 is 10.4 Å². The molecule has 0 bridgehead atoms. The minimum absolute atomic E-state index is 0.0656. The number of rotatable bonds is 3. The Morgan fingerprint density at radius 2 is 2.46 bits per heavy atom. The van der Waals surface area contributed by atoms with Gasteiger partial charge in [0.1, 0.15) is 0 Å². The molecule has 0 aliphatic carbocycles. The number of aliphatic hydroxyl groups is 1. The van der Waals surface area contributed by atoms with Crippen molar-refractivity contribution in [3.63, 3.8) is 0 Å². The topological polar surface area (TPSA) is 49.3 Å². The predicted molar refractivity (Wildman–Crippen MR) is 54.8 cm³/mol. The molecule has 1 saturated heterocycles. The summed E-state index contributed by atoms with van der Waals surface area (Å²) in [6.45, 7) is 4.00. The van der Waals surface area contributed by atoms with E-state index in [2.05, 4.69) is 5.32 Å². The van der Waals surface area contributed by atoms with E-state index in [1.165, 1.54) is 0 Å². The monoisotopic (exact) mass is 203 g/mol. The van der Waals surface area contributed by atoms with Gasteiger partial charge in [0.2, 0.25) is 5.91 Å². The lowest BCUT2D eigenvalue weighted by Crippen LogP contribution is -2.42. The van der Waals surface area contributed by atoms with E-state index in [0.29, 0.717) is 6.54 Å². The van der Waals surface area contributed by atoms with Crippen LogP contribution < -0.4 is 5.32 Å². The molecule has 0 saturated carbocycles. The van der Waals surface area contributed by atoms with Crippen LogP contribution >= 0.6 is 11.8 Å². The molecule has 2 N–H and O–H groups in total. The number of aliphatic hydroxyl groups excluding tert-OH is 1. The smallest absolute Gasteiger partial charge is 0.236 e. The van der Waals surface area contributed by atoms with Crippen molar-refractivity contribution in [2.45, 2.75) is 37.5 Å². The van der Waals surface area contributed by atoms with Gasteiger partial charge in [0.05, 0.1) is 10.9 Å². The molecule has 2 atom stereocenters. The van der Waals surface area contributed by atoms with Crippen molar-refractivity contribution in [3.05, 3.63) is 0 Å². The first-order chi connectivity index (χ1) is 6.04. The number of thioether (sulfide) groups is 1. The van der Waals surface area contributed by atoms with Gasteiger partial charge in [-0.25, -0.2) is 0 Å². The lowest BCUT2D eigenvalue weighted by molar-refractivity contribution is -0.123. The Morgan fingerprint density at radius 3 is 2.92 bits per heavy atom. The number of hydrogen-bond acceptors (Lipinski definition) is 3. The lowest BCUT2D eigenvalue weighted by Gasteiger charge is -2.21. The van der Waals surface area contributed by atoms with Crippen LogP contribution in [0.25, 0.3) is 0 Å². The molecule has 1 fully saturated rings. The van der Waals surface area contributed by atoms with Crippen LogP contribution in [0.1, 0.15) is 26.7 Å². The second-order valence-electron chi connectivity index (χ2n) is 3.74. The fourth-order valence-corrected chi connectivity index (χ4v) is 2.62. The highest BCUT2D eigenvalue weighted by molar-refractivity contribution is 8.01. The minimum Gasteiger partial charge on any atom is -0.392 e. The van der Waals surface area contributed by atoms with Crippen molar-refractivity contribution in [2.75, 3.05) is 12.3 Å². The summed E-state index contributed by atoms with van der Waals surface area (Å²) in [5.74, 6) is 1.13. The quantitative estimate of drug-likeness (QED) is 0.712. The van der Waals surface area contributed by atoms with Gasteiger partial charge >= 0.3 is 0 Å². The van der Waals surface area contributed by atoms with Crippen LogP contribution in [0.4, 0.5) is 0 Å². The molecule has 76 valence electrons. The number of carbonyl (C=O) groups is 1. The van der Waals surface area contributed by atoms with Gasteiger partial charge in [-0.15, -0.1) is 11.8 Å². The van der Waals surface area contributed by atoms with Gasteiger partial charge in [0.15, 0.2) is 0 Å². The number of amides is 1. The fourth-order valence-electron chi connectivity index (χ4n) is 1.39. The molecular formula is C9H17NO2S. The molecule has 13 heavy (non-hydrogen) atoms. The average molecular weight is 203 g/mol. The predicted octanol–water partition coefficient (Wildman–Crippen LogP) is 0.769. The Bertz CT molecular complexity index is 188. The molecule has 0 aromatic rings. The Labute approximate surface area is 83.3 Å². The zero-order valence-electron chi connectivity index (χ0n) is 8.17. The molecule has 1 unspecified atom stereocenters. The third-order valence-corrected chi connectivity index (χ3v) is 3.78. The highest BCUT2D eigenvalue weighted by atomic mass is 32.2. The highest BCUT2D eigenvalue weighted by Crippen LogP contribution is 2.37. The van der Waals surface area contributed by atoms with E-state index in [1.54, 1.807) is 18.7 Å². The van der Waals surface area contributed by atoms with Gasteiger partial charge in [0, 0.05) is 6.54 Å². The summed E-state index contributed by atoms with van der Waals surface area (Å²) in [5.41, 5.74) is 0. The maximum Gasteiger partial charge on any atom is 0.236 e. The van der Waals surface area contributed by atoms with Crippen LogP contribution in [0.3, 0.4) is 0 Å². The van der Waals surface area contributed by atoms with Crippen molar-refractivity contribution in [2.24, 2.45) is 0 Å². The fraction of sp³-hybridized carbons (Fsp3) is 0.889. The third-order valence-electron chi connectivity index (χ3n) is 2.26. The van der Waals surface area contributed by atoms with E-state index in [9.17, 15) is 4.79 Å². The second-order valence-corrected chi connectivity index (χ2v) is 5.34. The van der Waals surface area contributed by atoms with Crippen LogP contribution in [0.2, 0.25) is 0 Å². The molecule has 4 heteroatoms. The Hall–Kier alpha value is -0.220. The van der Waals surface area contributed by atoms with Crippen molar-refractivity contribution in [1.82, 2.24) is 5.32 Å². The van der Waals surface area contributed by atoms with Crippen molar-refractivity contribution < 1.29 is 9.90 Å². The van der Waals surface area contributed by atoms with E-state index in [4.69, 9.17) is 5.11 Å². The maximum atomic E-state index is 11.6. The number of carbonyl (C=O) groups excluding carboxylic acids is 1. The second kappa shape index (κ2) is 4.33. The van der Waals surface area contributed by atoms with E-state index in [-0.39, 0.29) is 10.7 Å². The molecule has 1 aliphatic rings. The normalized spacial score (nSPS) is 30.1. The first-order valence-electron chi connectivity index (χ1n) is 4.65. The van der Waals surface area contributed by atoms with Crippen LogP contribution in [-0.4, -0.2) is 34.2 Å². The summed E-state index contributed by atoms with van der Waals surface area (Å²) in [4.78, 5) is 11.6. The summed E-state index contributed by atoms with van der Waals surface area (Å²) in [7, 11) is 0. The molecule has 1 heterocycles. The molecule has 1 rings (SSSR count). The SMILES string of the molecule is C[C@H](O)CNC(=O)C1(C)CCCS1. The van der Waals surface area contributed by atoms with Crippen molar-refractivity contribution >= 4 is 17.7 Å². The molecule has 3 nitrogen and oxygen atoms in total. The van der Waals surface area contributed by atoms with E-state index in [0.717, 1.165) is 18.6 Å². The average Bonchev–Trinajstić information content (AvgIpc) is 2.49. The standard InChI is InChI=1S/C9H17NO2S/c1-7(11)6-10-8(12)9(2)4-3-5-13-9/h7,11H,3-6H2,1-2H3,(H,10,12)/t7-,9?/m0/s1. The Kier molecular flexibility index (Phi) is 3.62. The zero-order valence-corrected chi connectivity index (χ0v) is 8.99. The van der Waals surface area contributed by atoms with Crippen molar-refractivity contribution in [1.29, 1.82) is 0 Å². The van der Waals surface area contributed by atoms with Crippen LogP contribution in [0.5, 0.6) is 0 Å². The summed E-state index contributed by atoms with van der Waals surface area (Å²) >= 11 is 1.71. The Morgan fingerprint density at radius 1 is 1.77 bits per heavy atom. The zero-order chi connectivity index (χ0) is 9.90. The maximum absolute atomic E-state index is 11.6. The first-order valence-corrected chi connectivity index (χ1v) is 5.63. The summed E-state index contributed by atoms with van der Waals surface area (Å²) in [6, 6.07) is 0. The largest absolute Gasteiger partial charge is 0.392 e. The first kappa shape index (κ1) is 10.9. The summed E-state index contributed by atoms with van der Waals surface area (Å²) in [6.07, 6.45) is 1.60. The van der Waals surface area contributed by atoms with Gasteiger partial charge in [-0.2, -0.15) is 0 Å². The molecule has 1 amide bonds. The highest BCUT2D eigenvalue weighted by Gasteiger charge is 2.36. The van der Waals surface area contributed by atoms with Crippen LogP contribution in [0, 0.1) is 0 Å². The number of hydrogen-bond donors (Lipinski definition) is 2. The molecule has 0 spiro atoms. The van der Waals surface area contributed by atoms with Gasteiger partial charge in [-0.3, -0.25) is 4.79 Å². The number of nitrogens with one attached hydrogen (secondary N) is 1. The van der Waals surface area contributed by atoms with Gasteiger partial charge in [0.25, 0.3) is 0 Å². The molecule has 0 radical (unpaired) electrons. The lowest BCUT2D eigenvalue weighted by atomic mass is 10.1. The molecule has 0 aromatic carbocycles. The van der Waals surface area contributed by atoms with E-state index in [1.807, 2.05) is 6.92 Å². The minimum atomic E-state index is -0.459. The van der Waals surface area contributed by atoms with Gasteiger partial charge in [-0.1, -0.05) is 0 Å². The van der Waals surface area contributed by atoms with E-state index < -0.39 is 6.10 Å². The summed E-state index contributed by atoms with van der Waals surface area (Å²) in [5, 5.41) is 11.8. The van der Waals surface area contributed by atoms with Gasteiger partial charge in [-0.05, 0) is 32.4 Å². The molecule has 1 aliphatic heterocycles. The Balaban J connectivity index is 2.38. The van der Waals surface area contributed by atoms with E-state index >= 15 is 0 Å². The van der Waals surface area contributed by atoms with Crippen LogP contribution in [0.15, 0.2) is 0 Å². The molecular weight excluding hydrogens is 186 g/mol. The third kappa shape index (κ3) is 2.88. The van der Waals surface area contributed by atoms with Crippen LogP contribution in [-0.2, 0) is 4.79 Å².